The molecule has 5 aromatic rings. The molecule has 16 heteroatoms. The Balaban J connectivity index is 0.000000357. The second-order valence-corrected chi connectivity index (χ2v) is 21.9. The van der Waals surface area contributed by atoms with Crippen LogP contribution in [0.5, 0.6) is 11.5 Å². The molecule has 0 fully saturated rings. The number of fused-ring (bicyclic) bond motifs is 6. The van der Waals surface area contributed by atoms with Gasteiger partial charge in [0.2, 0.25) is 0 Å². The van der Waals surface area contributed by atoms with Crippen LogP contribution in [0.1, 0.15) is 62.3 Å². The third-order valence-electron chi connectivity index (χ3n) is 8.91. The van der Waals surface area contributed by atoms with Crippen LogP contribution < -0.4 is 20.2 Å². The summed E-state index contributed by atoms with van der Waals surface area (Å²) in [6, 6.07) is 12.0. The van der Waals surface area contributed by atoms with Gasteiger partial charge < -0.3 is 9.31 Å². The maximum Gasteiger partial charge on any atom is 0.418 e. The quantitative estimate of drug-likeness (QED) is 0.0335. The molecule has 1 heterocycles. The molecular weight excluding hydrogens is 803 g/mol. The van der Waals surface area contributed by atoms with Crippen LogP contribution in [0.25, 0.3) is 21.5 Å². The molecule has 0 spiro atoms. The summed E-state index contributed by atoms with van der Waals surface area (Å²) in [5.41, 5.74) is -4.14. The van der Waals surface area contributed by atoms with Crippen LogP contribution in [0.2, 0.25) is 0 Å². The standard InChI is InChI=1S/C26H8BF10O2.C12H27P.CH2Cl2/c28-15-13(16(29)20(33)23(36)19(15)32)27(14-17(30)21(34)24(37)22(35)18(14)31)38-25-11-7-3-1-5-9(11)10-6-2-4-8-12(10)26(25)39-27;1-10(2,3)13(11(4,5)6)12(7,8)9;2-1-3/h1-8H;1-9H3;1H2/q-1;;/p+1. The van der Waals surface area contributed by atoms with Crippen molar-refractivity contribution in [1.29, 1.82) is 0 Å². The highest BCUT2D eigenvalue weighted by Crippen LogP contribution is 2.67. The van der Waals surface area contributed by atoms with E-state index < -0.39 is 95.1 Å². The van der Waals surface area contributed by atoms with Crippen molar-refractivity contribution in [1.82, 2.24) is 0 Å². The molecule has 0 bridgehead atoms. The lowest BCUT2D eigenvalue weighted by atomic mass is 9.45. The normalized spacial score (nSPS) is 13.9. The Bertz CT molecular complexity index is 2040. The van der Waals surface area contributed by atoms with Crippen molar-refractivity contribution < 1.29 is 53.2 Å². The SMILES string of the molecule is CC(C)(C)[PH+](C(C)(C)C)C(C)(C)C.ClCCl.Fc1c(F)c(F)c([B-]2(c3c(F)c(F)c(F)c(F)c3F)Oc3c(c4ccccc4c4ccccc34)O2)c(F)c1F. The van der Waals surface area contributed by atoms with Crippen LogP contribution in [0.15, 0.2) is 48.5 Å². The summed E-state index contributed by atoms with van der Waals surface area (Å²) in [7, 11) is -0.391. The number of rotatable bonds is 2. The van der Waals surface area contributed by atoms with Gasteiger partial charge in [-0.25, -0.2) is 43.9 Å². The zero-order chi connectivity index (χ0) is 41.7. The van der Waals surface area contributed by atoms with Crippen LogP contribution in [0.4, 0.5) is 43.9 Å². The van der Waals surface area contributed by atoms with Gasteiger partial charge in [-0.2, -0.15) is 0 Å². The summed E-state index contributed by atoms with van der Waals surface area (Å²) >= 11 is 9.53. The lowest BCUT2D eigenvalue weighted by Gasteiger charge is -2.42. The number of hydrogen-bond acceptors (Lipinski definition) is 2. The minimum absolute atomic E-state index is 0.0858. The molecule has 0 aliphatic carbocycles. The Hall–Kier alpha value is -3.41. The van der Waals surface area contributed by atoms with Gasteiger partial charge in [-0.05, 0) is 84.0 Å². The fourth-order valence-electron chi connectivity index (χ4n) is 8.33. The van der Waals surface area contributed by atoms with E-state index in [1.165, 1.54) is 24.3 Å². The summed E-state index contributed by atoms with van der Waals surface area (Å²) in [6.07, 6.45) is 0. The molecule has 5 aromatic carbocycles. The minimum Gasteiger partial charge on any atom is -0.673 e. The van der Waals surface area contributed by atoms with E-state index in [-0.39, 0.29) is 16.1 Å². The molecule has 1 aliphatic rings. The molecule has 0 radical (unpaired) electrons. The summed E-state index contributed by atoms with van der Waals surface area (Å²) in [5, 5.41) is 2.63. The molecule has 0 saturated heterocycles. The third-order valence-corrected chi connectivity index (χ3v) is 13.4. The van der Waals surface area contributed by atoms with Gasteiger partial charge in [-0.1, -0.05) is 48.5 Å². The van der Waals surface area contributed by atoms with E-state index in [1.54, 1.807) is 24.3 Å². The van der Waals surface area contributed by atoms with E-state index in [9.17, 15) is 26.3 Å². The van der Waals surface area contributed by atoms with Crippen LogP contribution in [-0.2, 0) is 0 Å². The largest absolute Gasteiger partial charge is 0.673 e. The molecule has 0 saturated carbocycles. The molecule has 0 aromatic heterocycles. The number of benzene rings is 5. The molecule has 0 amide bonds. The van der Waals surface area contributed by atoms with E-state index in [0.717, 1.165) is 0 Å². The predicted octanol–water partition coefficient (Wildman–Crippen LogP) is 12.4. The highest BCUT2D eigenvalue weighted by atomic mass is 35.5. The Morgan fingerprint density at radius 3 is 0.873 bits per heavy atom. The fraction of sp³-hybridized carbons (Fsp3) is 0.333. The van der Waals surface area contributed by atoms with Crippen molar-refractivity contribution in [3.8, 4) is 11.5 Å². The zero-order valence-corrected chi connectivity index (χ0v) is 33.8. The Morgan fingerprint density at radius 2 is 0.655 bits per heavy atom. The lowest BCUT2D eigenvalue weighted by molar-refractivity contribution is 0.372. The van der Waals surface area contributed by atoms with Crippen molar-refractivity contribution >= 4 is 70.1 Å². The molecule has 2 nitrogen and oxygen atoms in total. The van der Waals surface area contributed by atoms with E-state index in [0.29, 0.717) is 26.2 Å². The van der Waals surface area contributed by atoms with Gasteiger partial charge in [0.15, 0.2) is 34.9 Å². The maximum atomic E-state index is 15.2. The van der Waals surface area contributed by atoms with E-state index >= 15 is 17.6 Å². The summed E-state index contributed by atoms with van der Waals surface area (Å²) in [6.45, 7) is 16.7. The number of hydrogen-bond donors (Lipinski definition) is 0. The van der Waals surface area contributed by atoms with Crippen molar-refractivity contribution in [2.75, 3.05) is 5.34 Å². The average Bonchev–Trinajstić information content (AvgIpc) is 3.48. The monoisotopic (exact) mass is 840 g/mol. The summed E-state index contributed by atoms with van der Waals surface area (Å²) in [5.74, 6) is -27.1. The zero-order valence-electron chi connectivity index (χ0n) is 31.3. The molecule has 55 heavy (non-hydrogen) atoms. The van der Waals surface area contributed by atoms with E-state index in [4.69, 9.17) is 32.5 Å². The van der Waals surface area contributed by atoms with Crippen molar-refractivity contribution in [3.05, 3.63) is 107 Å². The van der Waals surface area contributed by atoms with Gasteiger partial charge in [-0.3, -0.25) is 0 Å². The molecule has 0 atom stereocenters. The molecule has 1 aliphatic heterocycles. The molecule has 298 valence electrons. The van der Waals surface area contributed by atoms with Crippen LogP contribution >= 0.6 is 31.1 Å². The van der Waals surface area contributed by atoms with Crippen molar-refractivity contribution in [3.63, 3.8) is 0 Å². The van der Waals surface area contributed by atoms with Gasteiger partial charge in [0.05, 0.1) is 20.8 Å². The molecule has 0 N–H and O–H groups in total. The second kappa shape index (κ2) is 15.9. The average molecular weight is 841 g/mol. The van der Waals surface area contributed by atoms with Gasteiger partial charge >= 0.3 is 6.55 Å². The summed E-state index contributed by atoms with van der Waals surface area (Å²) in [4.78, 5) is 0. The van der Waals surface area contributed by atoms with Crippen LogP contribution in [0, 0.1) is 58.2 Å². The topological polar surface area (TPSA) is 18.5 Å². The summed E-state index contributed by atoms with van der Waals surface area (Å²) < 4.78 is 157. The number of halogens is 12. The van der Waals surface area contributed by atoms with Gasteiger partial charge in [0.25, 0.3) is 0 Å². The first-order valence-electron chi connectivity index (χ1n) is 16.8. The van der Waals surface area contributed by atoms with Crippen molar-refractivity contribution in [2.24, 2.45) is 0 Å². The number of alkyl halides is 2. The van der Waals surface area contributed by atoms with Gasteiger partial charge in [0.1, 0.15) is 34.8 Å². The van der Waals surface area contributed by atoms with Crippen molar-refractivity contribution in [2.45, 2.75) is 77.8 Å². The highest BCUT2D eigenvalue weighted by Gasteiger charge is 2.53. The van der Waals surface area contributed by atoms with Crippen LogP contribution in [-0.4, -0.2) is 27.4 Å². The first kappa shape index (κ1) is 44.3. The smallest absolute Gasteiger partial charge is 0.418 e. The fourth-order valence-corrected chi connectivity index (χ4v) is 15.1. The highest BCUT2D eigenvalue weighted by molar-refractivity contribution is 7.62. The molecule has 6 rings (SSSR count). The second-order valence-electron chi connectivity index (χ2n) is 15.9. The lowest BCUT2D eigenvalue weighted by Crippen LogP contribution is -2.70. The third kappa shape index (κ3) is 7.95. The first-order chi connectivity index (χ1) is 25.3. The minimum atomic E-state index is -4.88. The van der Waals surface area contributed by atoms with Gasteiger partial charge in [0, 0.05) is 18.7 Å². The molecule has 0 unspecified atom stereocenters. The Morgan fingerprint density at radius 1 is 0.436 bits per heavy atom. The molecular formula is C39H38BCl2F10O2P. The van der Waals surface area contributed by atoms with Gasteiger partial charge in [-0.15, -0.1) is 23.2 Å². The predicted molar refractivity (Wildman–Crippen MR) is 204 cm³/mol. The van der Waals surface area contributed by atoms with E-state index in [1.807, 2.05) is 0 Å². The van der Waals surface area contributed by atoms with E-state index in [2.05, 4.69) is 62.3 Å². The Labute approximate surface area is 323 Å². The maximum absolute atomic E-state index is 15.2. The Kier molecular flexibility index (Phi) is 12.8. The first-order valence-corrected chi connectivity index (χ1v) is 19.4. The van der Waals surface area contributed by atoms with Crippen LogP contribution in [0.3, 0.4) is 0 Å².